The fraction of sp³-hybridized carbons (Fsp3) is 0.800. The van der Waals surface area contributed by atoms with Gasteiger partial charge in [-0.25, -0.2) is 4.98 Å². The van der Waals surface area contributed by atoms with E-state index in [1.807, 2.05) is 6.20 Å². The molecule has 3 nitrogen and oxygen atoms in total. The summed E-state index contributed by atoms with van der Waals surface area (Å²) in [6, 6.07) is 0.433. The van der Waals surface area contributed by atoms with Gasteiger partial charge in [0.1, 0.15) is 5.82 Å². The van der Waals surface area contributed by atoms with E-state index in [2.05, 4.69) is 46.7 Å². The largest absolute Gasteiger partial charge is 0.334 e. The van der Waals surface area contributed by atoms with Crippen molar-refractivity contribution >= 4 is 11.8 Å². The number of rotatable bonds is 7. The van der Waals surface area contributed by atoms with Crippen LogP contribution in [0.4, 0.5) is 0 Å². The van der Waals surface area contributed by atoms with Crippen molar-refractivity contribution in [3.05, 3.63) is 18.2 Å². The van der Waals surface area contributed by atoms with Crippen molar-refractivity contribution in [2.75, 3.05) is 18.1 Å². The molecular weight excluding hydrogens is 254 g/mol. The van der Waals surface area contributed by atoms with Gasteiger partial charge in [0.2, 0.25) is 0 Å². The van der Waals surface area contributed by atoms with E-state index in [1.54, 1.807) is 0 Å². The monoisotopic (exact) mass is 281 g/mol. The number of aromatic nitrogens is 2. The lowest BCUT2D eigenvalue weighted by atomic mass is 9.93. The average Bonchev–Trinajstić information content (AvgIpc) is 2.93. The summed E-state index contributed by atoms with van der Waals surface area (Å²) in [6.07, 6.45) is 9.23. The molecule has 1 N–H and O–H groups in total. The first-order valence-electron chi connectivity index (χ1n) is 7.67. The molecule has 1 aliphatic rings. The number of imidazole rings is 1. The number of nitrogens with one attached hydrogen (secondary N) is 1. The van der Waals surface area contributed by atoms with Gasteiger partial charge in [0.25, 0.3) is 0 Å². The van der Waals surface area contributed by atoms with Crippen molar-refractivity contribution in [1.29, 1.82) is 0 Å². The summed E-state index contributed by atoms with van der Waals surface area (Å²) in [5.41, 5.74) is 0. The lowest BCUT2D eigenvalue weighted by molar-refractivity contribution is 0.353. The molecule has 1 aromatic rings. The molecule has 1 atom stereocenters. The van der Waals surface area contributed by atoms with Crippen LogP contribution in [0.5, 0.6) is 0 Å². The molecule has 2 rings (SSSR count). The van der Waals surface area contributed by atoms with Gasteiger partial charge in [-0.05, 0) is 56.6 Å². The second kappa shape index (κ2) is 7.95. The van der Waals surface area contributed by atoms with Gasteiger partial charge in [0.05, 0.1) is 6.04 Å². The normalized spacial score (nSPS) is 18.6. The molecule has 1 aliphatic heterocycles. The van der Waals surface area contributed by atoms with Crippen LogP contribution in [-0.4, -0.2) is 27.6 Å². The molecule has 19 heavy (non-hydrogen) atoms. The average molecular weight is 281 g/mol. The first kappa shape index (κ1) is 14.9. The summed E-state index contributed by atoms with van der Waals surface area (Å²) in [4.78, 5) is 4.60. The number of hydrogen-bond acceptors (Lipinski definition) is 3. The first-order valence-corrected chi connectivity index (χ1v) is 8.82. The van der Waals surface area contributed by atoms with E-state index in [9.17, 15) is 0 Å². The third-order valence-electron chi connectivity index (χ3n) is 3.95. The number of nitrogens with zero attached hydrogens (tertiary/aromatic N) is 2. The Labute approximate surface area is 121 Å². The maximum atomic E-state index is 4.60. The topological polar surface area (TPSA) is 29.9 Å². The summed E-state index contributed by atoms with van der Waals surface area (Å²) in [7, 11) is 0. The minimum atomic E-state index is 0.433. The molecule has 0 aromatic carbocycles. The molecule has 0 saturated carbocycles. The molecule has 4 heteroatoms. The van der Waals surface area contributed by atoms with Crippen molar-refractivity contribution in [2.45, 2.75) is 52.1 Å². The van der Waals surface area contributed by atoms with E-state index in [0.717, 1.165) is 19.0 Å². The third-order valence-corrected chi connectivity index (χ3v) is 5.00. The lowest BCUT2D eigenvalue weighted by Crippen LogP contribution is -2.28. The molecule has 1 aromatic heterocycles. The minimum absolute atomic E-state index is 0.433. The Hall–Kier alpha value is -0.480. The Balaban J connectivity index is 2.01. The molecule has 108 valence electrons. The molecule has 0 aliphatic carbocycles. The Kier molecular flexibility index (Phi) is 6.24. The van der Waals surface area contributed by atoms with Gasteiger partial charge < -0.3 is 9.88 Å². The minimum Gasteiger partial charge on any atom is -0.334 e. The van der Waals surface area contributed by atoms with E-state index in [-0.39, 0.29) is 0 Å². The Bertz CT molecular complexity index is 358. The van der Waals surface area contributed by atoms with Crippen LogP contribution in [0.15, 0.2) is 12.4 Å². The van der Waals surface area contributed by atoms with Crippen LogP contribution in [0.1, 0.15) is 51.4 Å². The van der Waals surface area contributed by atoms with Gasteiger partial charge in [-0.2, -0.15) is 11.8 Å². The molecule has 0 amide bonds. The van der Waals surface area contributed by atoms with Crippen LogP contribution in [-0.2, 0) is 6.54 Å². The highest BCUT2D eigenvalue weighted by atomic mass is 32.2. The summed E-state index contributed by atoms with van der Waals surface area (Å²) >= 11 is 2.11. The van der Waals surface area contributed by atoms with Gasteiger partial charge in [0, 0.05) is 18.9 Å². The van der Waals surface area contributed by atoms with Crippen molar-refractivity contribution in [3.63, 3.8) is 0 Å². The smallest absolute Gasteiger partial charge is 0.125 e. The summed E-state index contributed by atoms with van der Waals surface area (Å²) in [5.74, 6) is 4.78. The van der Waals surface area contributed by atoms with Gasteiger partial charge in [-0.3, -0.25) is 0 Å². The first-order chi connectivity index (χ1) is 9.35. The number of aryl methyl sites for hydroxylation is 1. The zero-order chi connectivity index (χ0) is 13.5. The van der Waals surface area contributed by atoms with Crippen molar-refractivity contribution in [1.82, 2.24) is 14.9 Å². The molecular formula is C15H27N3S. The molecule has 2 heterocycles. The van der Waals surface area contributed by atoms with Crippen molar-refractivity contribution in [3.8, 4) is 0 Å². The van der Waals surface area contributed by atoms with Crippen molar-refractivity contribution < 1.29 is 0 Å². The Morgan fingerprint density at radius 3 is 2.89 bits per heavy atom. The fourth-order valence-electron chi connectivity index (χ4n) is 2.81. The highest BCUT2D eigenvalue weighted by molar-refractivity contribution is 7.99. The summed E-state index contributed by atoms with van der Waals surface area (Å²) < 4.78 is 2.28. The van der Waals surface area contributed by atoms with Gasteiger partial charge in [0.15, 0.2) is 0 Å². The standard InChI is InChI=1S/C15H27N3S/c1-3-7-16-14(12-13-5-10-19-11-6-13)15-17-8-9-18(15)4-2/h8-9,13-14,16H,3-7,10-12H2,1-2H3. The maximum absolute atomic E-state index is 4.60. The third kappa shape index (κ3) is 4.25. The molecule has 1 fully saturated rings. The van der Waals surface area contributed by atoms with Crippen LogP contribution < -0.4 is 5.32 Å². The Morgan fingerprint density at radius 2 is 2.21 bits per heavy atom. The lowest BCUT2D eigenvalue weighted by Gasteiger charge is -2.27. The Morgan fingerprint density at radius 1 is 1.42 bits per heavy atom. The fourth-order valence-corrected chi connectivity index (χ4v) is 4.02. The van der Waals surface area contributed by atoms with E-state index >= 15 is 0 Å². The number of thioether (sulfide) groups is 1. The van der Waals surface area contributed by atoms with Crippen LogP contribution in [0.2, 0.25) is 0 Å². The van der Waals surface area contributed by atoms with Crippen LogP contribution >= 0.6 is 11.8 Å². The van der Waals surface area contributed by atoms with Crippen LogP contribution in [0, 0.1) is 5.92 Å². The maximum Gasteiger partial charge on any atom is 0.125 e. The predicted octanol–water partition coefficient (Wildman–Crippen LogP) is 3.48. The SMILES string of the molecule is CCCNC(CC1CCSCC1)c1nccn1CC. The van der Waals surface area contributed by atoms with Gasteiger partial charge in [-0.15, -0.1) is 0 Å². The highest BCUT2D eigenvalue weighted by Crippen LogP contribution is 2.30. The van der Waals surface area contributed by atoms with Gasteiger partial charge in [-0.1, -0.05) is 6.92 Å². The molecule has 1 saturated heterocycles. The van der Waals surface area contributed by atoms with E-state index < -0.39 is 0 Å². The quantitative estimate of drug-likeness (QED) is 0.830. The van der Waals surface area contributed by atoms with E-state index in [4.69, 9.17) is 0 Å². The highest BCUT2D eigenvalue weighted by Gasteiger charge is 2.22. The molecule has 0 radical (unpaired) electrons. The second-order valence-corrected chi connectivity index (χ2v) is 6.59. The zero-order valence-corrected chi connectivity index (χ0v) is 13.1. The van der Waals surface area contributed by atoms with Crippen LogP contribution in [0.25, 0.3) is 0 Å². The second-order valence-electron chi connectivity index (χ2n) is 5.37. The molecule has 0 spiro atoms. The molecule has 1 unspecified atom stereocenters. The summed E-state index contributed by atoms with van der Waals surface area (Å²) in [6.45, 7) is 6.52. The number of hydrogen-bond donors (Lipinski definition) is 1. The van der Waals surface area contributed by atoms with Crippen molar-refractivity contribution in [2.24, 2.45) is 5.92 Å². The molecule has 0 bridgehead atoms. The predicted molar refractivity (Wildman–Crippen MR) is 83.6 cm³/mol. The van der Waals surface area contributed by atoms with Gasteiger partial charge >= 0.3 is 0 Å². The summed E-state index contributed by atoms with van der Waals surface area (Å²) in [5, 5.41) is 3.70. The van der Waals surface area contributed by atoms with Crippen LogP contribution in [0.3, 0.4) is 0 Å². The zero-order valence-electron chi connectivity index (χ0n) is 12.3. The van der Waals surface area contributed by atoms with E-state index in [0.29, 0.717) is 6.04 Å². The van der Waals surface area contributed by atoms with E-state index in [1.165, 1.54) is 43.0 Å².